The number of carboxylic acids is 2. The smallest absolute Gasteiger partial charge is 0.478 e. The van der Waals surface area contributed by atoms with Crippen molar-refractivity contribution in [2.75, 3.05) is 22.7 Å². The molecule has 1 saturated heterocycles. The highest BCUT2D eigenvalue weighted by atomic mass is 32.2. The van der Waals surface area contributed by atoms with Gasteiger partial charge in [-0.25, -0.2) is 23.0 Å². The number of aryl methyl sites for hydroxylation is 2. The first-order valence-corrected chi connectivity index (χ1v) is 12.1. The molecule has 13 heteroatoms. The van der Waals surface area contributed by atoms with Crippen LogP contribution in [0.5, 0.6) is 0 Å². The zero-order chi connectivity index (χ0) is 26.4. The van der Waals surface area contributed by atoms with Crippen molar-refractivity contribution in [3.05, 3.63) is 47.2 Å². The van der Waals surface area contributed by atoms with Crippen LogP contribution < -0.4 is 9.62 Å². The molecule has 0 radical (unpaired) electrons. The first kappa shape index (κ1) is 27.9. The summed E-state index contributed by atoms with van der Waals surface area (Å²) in [6, 6.07) is 6.56. The molecule has 9 nitrogen and oxygen atoms in total. The lowest BCUT2D eigenvalue weighted by molar-refractivity contribution is -0.192. The second-order valence-corrected chi connectivity index (χ2v) is 9.63. The van der Waals surface area contributed by atoms with Crippen LogP contribution in [0.4, 0.5) is 24.7 Å². The molecule has 3 N–H and O–H groups in total. The summed E-state index contributed by atoms with van der Waals surface area (Å²) in [5, 5.41) is 16.4. The number of aromatic nitrogens is 1. The Kier molecular flexibility index (Phi) is 9.07. The van der Waals surface area contributed by atoms with E-state index >= 15 is 0 Å². The molecule has 1 aromatic heterocycles. The average Bonchev–Trinajstić information content (AvgIpc) is 3.04. The highest BCUT2D eigenvalue weighted by Gasteiger charge is 2.38. The summed E-state index contributed by atoms with van der Waals surface area (Å²) in [5.41, 5.74) is 1.59. The SMILES string of the molecule is Cc1ccc(C)c(S(=O)(=O)Nc2cc(C(=O)O)cnc2N2CCCCCC2)c1.O=C(O)C(F)(F)F. The number of halogens is 3. The van der Waals surface area contributed by atoms with E-state index in [0.29, 0.717) is 11.4 Å². The number of carboxylic acid groups (broad SMARTS) is 2. The van der Waals surface area contributed by atoms with Gasteiger partial charge >= 0.3 is 18.1 Å². The molecule has 35 heavy (non-hydrogen) atoms. The van der Waals surface area contributed by atoms with E-state index in [1.807, 2.05) is 17.9 Å². The van der Waals surface area contributed by atoms with Crippen molar-refractivity contribution < 1.29 is 41.4 Å². The number of alkyl halides is 3. The second-order valence-electron chi connectivity index (χ2n) is 7.98. The first-order valence-electron chi connectivity index (χ1n) is 10.6. The first-order chi connectivity index (χ1) is 16.2. The maximum absolute atomic E-state index is 13.1. The van der Waals surface area contributed by atoms with Gasteiger partial charge < -0.3 is 15.1 Å². The number of anilines is 2. The van der Waals surface area contributed by atoms with Crippen molar-refractivity contribution in [2.45, 2.75) is 50.6 Å². The lowest BCUT2D eigenvalue weighted by Gasteiger charge is -2.24. The van der Waals surface area contributed by atoms with Crippen molar-refractivity contribution in [2.24, 2.45) is 0 Å². The third-order valence-electron chi connectivity index (χ3n) is 5.14. The largest absolute Gasteiger partial charge is 0.490 e. The van der Waals surface area contributed by atoms with Gasteiger partial charge in [0, 0.05) is 19.3 Å². The molecule has 0 spiro atoms. The van der Waals surface area contributed by atoms with E-state index in [4.69, 9.17) is 9.90 Å². The molecule has 1 fully saturated rings. The molecule has 3 rings (SSSR count). The molecule has 2 aromatic rings. The molecule has 0 atom stereocenters. The zero-order valence-electron chi connectivity index (χ0n) is 19.1. The number of nitrogens with one attached hydrogen (secondary N) is 1. The van der Waals surface area contributed by atoms with Gasteiger partial charge in [0.05, 0.1) is 16.1 Å². The standard InChI is InChI=1S/C20H25N3O4S.C2HF3O2/c1-14-7-8-15(2)18(11-14)28(26,27)22-17-12-16(20(24)25)13-21-19(17)23-9-5-3-4-6-10-23;3-2(4,5)1(6)7/h7-8,11-13,22H,3-6,9-10H2,1-2H3,(H,24,25);(H,6,7). The average molecular weight is 518 g/mol. The summed E-state index contributed by atoms with van der Waals surface area (Å²) in [6.07, 6.45) is 0.413. The van der Waals surface area contributed by atoms with Crippen LogP contribution >= 0.6 is 0 Å². The summed E-state index contributed by atoms with van der Waals surface area (Å²) >= 11 is 0. The van der Waals surface area contributed by atoms with Crippen LogP contribution in [0.3, 0.4) is 0 Å². The normalized spacial score (nSPS) is 14.4. The van der Waals surface area contributed by atoms with Crippen LogP contribution in [-0.4, -0.2) is 54.8 Å². The summed E-state index contributed by atoms with van der Waals surface area (Å²) in [6.45, 7) is 5.08. The van der Waals surface area contributed by atoms with Gasteiger partial charge in [-0.15, -0.1) is 0 Å². The minimum atomic E-state index is -5.08. The van der Waals surface area contributed by atoms with Crippen molar-refractivity contribution in [3.8, 4) is 0 Å². The van der Waals surface area contributed by atoms with Crippen LogP contribution in [0.15, 0.2) is 35.4 Å². The summed E-state index contributed by atoms with van der Waals surface area (Å²) in [4.78, 5) is 26.8. The Labute approximate surface area is 200 Å². The van der Waals surface area contributed by atoms with E-state index in [1.54, 1.807) is 19.1 Å². The Morgan fingerprint density at radius 2 is 1.60 bits per heavy atom. The minimum absolute atomic E-state index is 0.0581. The monoisotopic (exact) mass is 517 g/mol. The lowest BCUT2D eigenvalue weighted by Crippen LogP contribution is -2.27. The number of aliphatic carboxylic acids is 1. The number of sulfonamides is 1. The van der Waals surface area contributed by atoms with Gasteiger partial charge in [0.2, 0.25) is 0 Å². The Morgan fingerprint density at radius 1 is 1.03 bits per heavy atom. The highest BCUT2D eigenvalue weighted by molar-refractivity contribution is 7.92. The van der Waals surface area contributed by atoms with Crippen molar-refractivity contribution in [1.29, 1.82) is 0 Å². The Balaban J connectivity index is 0.000000540. The Morgan fingerprint density at radius 3 is 2.11 bits per heavy atom. The van der Waals surface area contributed by atoms with Gasteiger partial charge in [-0.1, -0.05) is 25.0 Å². The molecule has 0 unspecified atom stereocenters. The maximum Gasteiger partial charge on any atom is 0.490 e. The third-order valence-corrected chi connectivity index (χ3v) is 6.65. The number of rotatable bonds is 5. The van der Waals surface area contributed by atoms with Gasteiger partial charge in [-0.2, -0.15) is 13.2 Å². The number of hydrogen-bond donors (Lipinski definition) is 3. The van der Waals surface area contributed by atoms with Crippen molar-refractivity contribution in [3.63, 3.8) is 0 Å². The number of aromatic carboxylic acids is 1. The van der Waals surface area contributed by atoms with Gasteiger partial charge in [0.15, 0.2) is 5.82 Å². The van der Waals surface area contributed by atoms with Crippen LogP contribution in [0.25, 0.3) is 0 Å². The topological polar surface area (TPSA) is 137 Å². The van der Waals surface area contributed by atoms with E-state index in [9.17, 15) is 31.5 Å². The fourth-order valence-corrected chi connectivity index (χ4v) is 4.76. The number of nitrogens with zero attached hydrogens (tertiary/aromatic N) is 2. The van der Waals surface area contributed by atoms with E-state index in [1.165, 1.54) is 12.3 Å². The number of carbonyl (C=O) groups is 2. The summed E-state index contributed by atoms with van der Waals surface area (Å²) < 4.78 is 60.4. The summed E-state index contributed by atoms with van der Waals surface area (Å²) in [5.74, 6) is -3.43. The predicted molar refractivity (Wildman–Crippen MR) is 122 cm³/mol. The van der Waals surface area contributed by atoms with E-state index in [2.05, 4.69) is 9.71 Å². The second kappa shape index (κ2) is 11.4. The van der Waals surface area contributed by atoms with Crippen molar-refractivity contribution in [1.82, 2.24) is 4.98 Å². The van der Waals surface area contributed by atoms with Crippen molar-refractivity contribution >= 4 is 33.5 Å². The number of hydrogen-bond acceptors (Lipinski definition) is 6. The van der Waals surface area contributed by atoms with E-state index in [-0.39, 0.29) is 16.1 Å². The lowest BCUT2D eigenvalue weighted by atomic mass is 10.2. The fraction of sp³-hybridized carbons (Fsp3) is 0.409. The molecule has 0 bridgehead atoms. The van der Waals surface area contributed by atoms with Gasteiger partial charge in [-0.3, -0.25) is 4.72 Å². The molecule has 1 aliphatic rings. The van der Waals surface area contributed by atoms with Crippen LogP contribution in [0.1, 0.15) is 47.2 Å². The molecule has 1 aliphatic heterocycles. The van der Waals surface area contributed by atoms with E-state index in [0.717, 1.165) is 44.3 Å². The molecule has 2 heterocycles. The quantitative estimate of drug-likeness (QED) is 0.537. The molecule has 0 amide bonds. The van der Waals surface area contributed by atoms with Gasteiger partial charge in [-0.05, 0) is 49.9 Å². The van der Waals surface area contributed by atoms with Crippen LogP contribution in [0.2, 0.25) is 0 Å². The number of pyridine rings is 1. The minimum Gasteiger partial charge on any atom is -0.478 e. The number of benzene rings is 1. The predicted octanol–water partition coefficient (Wildman–Crippen LogP) is 4.21. The molecule has 0 saturated carbocycles. The van der Waals surface area contributed by atoms with Crippen LogP contribution in [-0.2, 0) is 14.8 Å². The Bertz CT molecular complexity index is 1180. The molecule has 0 aliphatic carbocycles. The third kappa shape index (κ3) is 7.84. The maximum atomic E-state index is 13.1. The van der Waals surface area contributed by atoms with E-state index < -0.39 is 28.1 Å². The van der Waals surface area contributed by atoms with Gasteiger partial charge in [0.25, 0.3) is 10.0 Å². The molecule has 1 aromatic carbocycles. The highest BCUT2D eigenvalue weighted by Crippen LogP contribution is 2.30. The molecule has 192 valence electrons. The van der Waals surface area contributed by atoms with Crippen LogP contribution in [0, 0.1) is 13.8 Å². The Hall–Kier alpha value is -3.35. The van der Waals surface area contributed by atoms with Gasteiger partial charge in [0.1, 0.15) is 0 Å². The zero-order valence-corrected chi connectivity index (χ0v) is 19.9. The molecular weight excluding hydrogens is 491 g/mol. The molecular formula is C22H26F3N3O6S. The summed E-state index contributed by atoms with van der Waals surface area (Å²) in [7, 11) is -3.89. The fourth-order valence-electron chi connectivity index (χ4n) is 3.38.